The Morgan fingerprint density at radius 1 is 1.00 bits per heavy atom. The van der Waals surface area contributed by atoms with Crippen molar-refractivity contribution in [3.63, 3.8) is 0 Å². The fourth-order valence-corrected chi connectivity index (χ4v) is 5.99. The van der Waals surface area contributed by atoms with Crippen LogP contribution in [0.5, 0.6) is 5.75 Å². The number of hydrogen-bond acceptors (Lipinski definition) is 7. The lowest BCUT2D eigenvalue weighted by atomic mass is 9.98. The maximum absolute atomic E-state index is 13.7. The number of ether oxygens (including phenoxy) is 1. The van der Waals surface area contributed by atoms with Crippen molar-refractivity contribution in [3.8, 4) is 5.75 Å². The van der Waals surface area contributed by atoms with Gasteiger partial charge in [-0.05, 0) is 65.2 Å². The van der Waals surface area contributed by atoms with Crippen molar-refractivity contribution in [1.29, 1.82) is 0 Å². The summed E-state index contributed by atoms with van der Waals surface area (Å²) >= 11 is 0. The highest BCUT2D eigenvalue weighted by atomic mass is 32.2. The van der Waals surface area contributed by atoms with Gasteiger partial charge in [0.15, 0.2) is 9.84 Å². The maximum Gasteiger partial charge on any atom is 0.416 e. The Balaban J connectivity index is 1.48. The predicted molar refractivity (Wildman–Crippen MR) is 155 cm³/mol. The lowest BCUT2D eigenvalue weighted by Crippen LogP contribution is -2.36. The number of pyridine rings is 1. The molecule has 0 fully saturated rings. The van der Waals surface area contributed by atoms with E-state index in [9.17, 15) is 36.3 Å². The molecular formula is C31H28F3N3O6S. The fraction of sp³-hybridized carbons (Fsp3) is 0.194. The second kappa shape index (κ2) is 14.1. The van der Waals surface area contributed by atoms with Crippen LogP contribution >= 0.6 is 0 Å². The van der Waals surface area contributed by atoms with Crippen LogP contribution in [0.4, 0.5) is 18.9 Å². The highest BCUT2D eigenvalue weighted by Gasteiger charge is 2.32. The third-order valence-corrected chi connectivity index (χ3v) is 8.40. The molecule has 2 N–H and O–H groups in total. The molecule has 9 nitrogen and oxygen atoms in total. The molecule has 3 aromatic carbocycles. The summed E-state index contributed by atoms with van der Waals surface area (Å²) in [4.78, 5) is 27.0. The van der Waals surface area contributed by atoms with E-state index in [2.05, 4.69) is 10.4 Å². The lowest BCUT2D eigenvalue weighted by Gasteiger charge is -2.21. The Bertz CT molecular complexity index is 1670. The third kappa shape index (κ3) is 8.88. The number of rotatable bonds is 14. The minimum absolute atomic E-state index is 0.0566. The van der Waals surface area contributed by atoms with Gasteiger partial charge in [0.05, 0.1) is 28.3 Å². The van der Waals surface area contributed by atoms with E-state index in [1.54, 1.807) is 54.9 Å². The van der Waals surface area contributed by atoms with Crippen LogP contribution in [0.25, 0.3) is 0 Å². The zero-order valence-corrected chi connectivity index (χ0v) is 24.0. The number of carboxylic acid groups (broad SMARTS) is 1. The highest BCUT2D eigenvalue weighted by molar-refractivity contribution is 7.91. The summed E-state index contributed by atoms with van der Waals surface area (Å²) < 4.78 is 72.9. The monoisotopic (exact) mass is 627 g/mol. The molecule has 1 heterocycles. The van der Waals surface area contributed by atoms with Crippen molar-refractivity contribution in [2.75, 3.05) is 10.8 Å². The molecule has 0 radical (unpaired) electrons. The van der Waals surface area contributed by atoms with E-state index in [1.807, 2.05) is 0 Å². The first kappa shape index (κ1) is 32.2. The van der Waals surface area contributed by atoms with E-state index in [0.717, 1.165) is 17.1 Å². The van der Waals surface area contributed by atoms with E-state index in [1.165, 1.54) is 30.3 Å². The van der Waals surface area contributed by atoms with Gasteiger partial charge in [0, 0.05) is 24.9 Å². The number of anilines is 1. The zero-order valence-electron chi connectivity index (χ0n) is 23.1. The Morgan fingerprint density at radius 3 is 2.34 bits per heavy atom. The number of aromatic nitrogens is 1. The zero-order chi connectivity index (χ0) is 31.7. The van der Waals surface area contributed by atoms with Crippen LogP contribution in [0, 0.1) is 0 Å². The fourth-order valence-electron chi connectivity index (χ4n) is 4.41. The minimum atomic E-state index is -4.70. The van der Waals surface area contributed by atoms with Crippen LogP contribution in [0.3, 0.4) is 0 Å². The first-order valence-electron chi connectivity index (χ1n) is 13.2. The van der Waals surface area contributed by atoms with Crippen LogP contribution in [0.2, 0.25) is 0 Å². The molecule has 13 heteroatoms. The molecule has 44 heavy (non-hydrogen) atoms. The van der Waals surface area contributed by atoms with Gasteiger partial charge in [0.2, 0.25) is 6.41 Å². The number of carbonyl (C=O) groups is 2. The number of carboxylic acids is 1. The molecule has 0 aliphatic carbocycles. The average Bonchev–Trinajstić information content (AvgIpc) is 3.00. The van der Waals surface area contributed by atoms with Gasteiger partial charge in [-0.15, -0.1) is 0 Å². The van der Waals surface area contributed by atoms with Gasteiger partial charge < -0.3 is 9.84 Å². The van der Waals surface area contributed by atoms with Crippen molar-refractivity contribution in [2.24, 2.45) is 0 Å². The number of amides is 1. The van der Waals surface area contributed by atoms with Crippen molar-refractivity contribution in [3.05, 3.63) is 120 Å². The van der Waals surface area contributed by atoms with E-state index in [0.29, 0.717) is 17.5 Å². The second-order valence-corrected chi connectivity index (χ2v) is 11.8. The van der Waals surface area contributed by atoms with Gasteiger partial charge in [-0.2, -0.15) is 13.2 Å². The van der Waals surface area contributed by atoms with Crippen molar-refractivity contribution >= 4 is 27.9 Å². The summed E-state index contributed by atoms with van der Waals surface area (Å²) in [6, 6.07) is 20.3. The standard InChI is InChI=1S/C31H28F3N3O6S/c32-31(33,34)26-13-23(14-27(16-26)37(21-38)36-18-22-5-4-12-35-17-22)19-43-28-8-10-29(11-9-28)44(41,42)20-25(15-30(39)40)24-6-2-1-3-7-24/h1-14,16-17,21,25,36H,15,18-20H2,(H,39,40). The molecule has 0 aliphatic rings. The third-order valence-electron chi connectivity index (χ3n) is 6.57. The summed E-state index contributed by atoms with van der Waals surface area (Å²) in [6.45, 7) is -0.181. The van der Waals surface area contributed by atoms with Crippen LogP contribution < -0.4 is 15.2 Å². The Labute approximate surface area is 251 Å². The number of nitrogens with one attached hydrogen (secondary N) is 1. The van der Waals surface area contributed by atoms with E-state index >= 15 is 0 Å². The number of hydrazine groups is 1. The number of alkyl halides is 3. The van der Waals surface area contributed by atoms with E-state index in [4.69, 9.17) is 4.74 Å². The second-order valence-electron chi connectivity index (χ2n) is 9.80. The van der Waals surface area contributed by atoms with Crippen molar-refractivity contribution in [1.82, 2.24) is 10.4 Å². The number of nitrogens with zero attached hydrogens (tertiary/aromatic N) is 2. The summed E-state index contributed by atoms with van der Waals surface area (Å²) in [7, 11) is -3.90. The van der Waals surface area contributed by atoms with Gasteiger partial charge in [-0.1, -0.05) is 36.4 Å². The number of aliphatic carboxylic acids is 1. The number of carbonyl (C=O) groups excluding carboxylic acids is 1. The first-order chi connectivity index (χ1) is 20.9. The molecule has 0 bridgehead atoms. The molecule has 0 saturated heterocycles. The van der Waals surface area contributed by atoms with Crippen LogP contribution in [-0.2, 0) is 38.8 Å². The molecule has 0 spiro atoms. The lowest BCUT2D eigenvalue weighted by molar-refractivity contribution is -0.138. The SMILES string of the molecule is O=CN(NCc1cccnc1)c1cc(COc2ccc(S(=O)(=O)CC(CC(=O)O)c3ccccc3)cc2)cc(C(F)(F)F)c1. The smallest absolute Gasteiger partial charge is 0.416 e. The molecule has 1 amide bonds. The van der Waals surface area contributed by atoms with Crippen LogP contribution in [0.1, 0.15) is 34.6 Å². The van der Waals surface area contributed by atoms with Gasteiger partial charge in [-0.25, -0.2) is 18.9 Å². The molecule has 1 aromatic heterocycles. The van der Waals surface area contributed by atoms with Gasteiger partial charge in [0.25, 0.3) is 0 Å². The maximum atomic E-state index is 13.7. The Hall–Kier alpha value is -4.75. The van der Waals surface area contributed by atoms with E-state index < -0.39 is 39.2 Å². The number of benzene rings is 3. The number of hydrogen-bond donors (Lipinski definition) is 2. The molecule has 230 valence electrons. The topological polar surface area (TPSA) is 126 Å². The molecule has 0 saturated carbocycles. The first-order valence-corrected chi connectivity index (χ1v) is 14.9. The quantitative estimate of drug-likeness (QED) is 0.141. The van der Waals surface area contributed by atoms with Gasteiger partial charge in [-0.3, -0.25) is 14.6 Å². The summed E-state index contributed by atoms with van der Waals surface area (Å²) in [5, 5.41) is 10.2. The van der Waals surface area contributed by atoms with Crippen LogP contribution in [0.15, 0.2) is 102 Å². The van der Waals surface area contributed by atoms with E-state index in [-0.39, 0.29) is 41.5 Å². The summed E-state index contributed by atoms with van der Waals surface area (Å²) in [5.74, 6) is -2.14. The van der Waals surface area contributed by atoms with Crippen molar-refractivity contribution < 1.29 is 41.0 Å². The van der Waals surface area contributed by atoms with Crippen molar-refractivity contribution in [2.45, 2.75) is 36.6 Å². The molecule has 1 atom stereocenters. The normalized spacial score (nSPS) is 12.3. The minimum Gasteiger partial charge on any atom is -0.489 e. The van der Waals surface area contributed by atoms with Gasteiger partial charge >= 0.3 is 12.1 Å². The Kier molecular flexibility index (Phi) is 10.3. The molecule has 0 aliphatic heterocycles. The highest BCUT2D eigenvalue weighted by Crippen LogP contribution is 2.33. The predicted octanol–water partition coefficient (Wildman–Crippen LogP) is 5.38. The summed E-state index contributed by atoms with van der Waals surface area (Å²) in [6.07, 6.45) is -1.60. The molecule has 4 aromatic rings. The largest absolute Gasteiger partial charge is 0.489 e. The number of halogens is 3. The van der Waals surface area contributed by atoms with Gasteiger partial charge in [0.1, 0.15) is 12.4 Å². The molecule has 1 unspecified atom stereocenters. The van der Waals surface area contributed by atoms with Crippen LogP contribution in [-0.4, -0.2) is 36.6 Å². The average molecular weight is 628 g/mol. The number of sulfone groups is 1. The molecule has 4 rings (SSSR count). The molecular weight excluding hydrogens is 599 g/mol. The summed E-state index contributed by atoms with van der Waals surface area (Å²) in [5.41, 5.74) is 3.12. The Morgan fingerprint density at radius 2 is 1.73 bits per heavy atom.